The second-order valence-electron chi connectivity index (χ2n) is 9.28. The van der Waals surface area contributed by atoms with E-state index in [1.165, 1.54) is 35.2 Å². The fourth-order valence-electron chi connectivity index (χ4n) is 3.89. The van der Waals surface area contributed by atoms with Crippen LogP contribution < -0.4 is 14.4 Å². The number of halogens is 2. The molecule has 11 heteroatoms. The van der Waals surface area contributed by atoms with E-state index in [1.807, 2.05) is 13.8 Å². The molecule has 2 amide bonds. The van der Waals surface area contributed by atoms with Crippen molar-refractivity contribution >= 4 is 50.7 Å². The number of carbonyl (C=O) groups excluding carboxylic acids is 2. The highest BCUT2D eigenvalue weighted by Crippen LogP contribution is 2.33. The molecule has 0 aliphatic rings. The zero-order valence-corrected chi connectivity index (χ0v) is 25.1. The molecular weight excluding hydrogens is 573 g/mol. The molecule has 0 fully saturated rings. The highest BCUT2D eigenvalue weighted by Gasteiger charge is 2.33. The van der Waals surface area contributed by atoms with Gasteiger partial charge in [-0.25, -0.2) is 8.42 Å². The van der Waals surface area contributed by atoms with Crippen LogP contribution >= 0.6 is 23.2 Å². The van der Waals surface area contributed by atoms with Crippen LogP contribution in [0.4, 0.5) is 5.69 Å². The van der Waals surface area contributed by atoms with Gasteiger partial charge in [-0.05, 0) is 68.3 Å². The van der Waals surface area contributed by atoms with Crippen molar-refractivity contribution in [2.24, 2.45) is 0 Å². The van der Waals surface area contributed by atoms with Crippen LogP contribution in [0.25, 0.3) is 0 Å². The summed E-state index contributed by atoms with van der Waals surface area (Å²) in [5, 5.41) is 3.25. The number of carbonyl (C=O) groups is 2. The molecule has 1 N–H and O–H groups in total. The van der Waals surface area contributed by atoms with Gasteiger partial charge < -0.3 is 15.0 Å². The van der Waals surface area contributed by atoms with Crippen molar-refractivity contribution in [2.75, 3.05) is 18.0 Å². The Kier molecular flexibility index (Phi) is 10.8. The summed E-state index contributed by atoms with van der Waals surface area (Å²) in [5.74, 6) is -0.312. The highest BCUT2D eigenvalue weighted by molar-refractivity contribution is 7.92. The van der Waals surface area contributed by atoms with E-state index in [1.54, 1.807) is 56.5 Å². The molecule has 0 unspecified atom stereocenters. The summed E-state index contributed by atoms with van der Waals surface area (Å²) in [6.07, 6.45) is 0.710. The minimum absolute atomic E-state index is 0.0249. The van der Waals surface area contributed by atoms with Crippen molar-refractivity contribution in [3.05, 3.63) is 88.4 Å². The SMILES string of the molecule is CC[C@H](C)NC(=O)[C@H](C)N(Cc1ccc(OC)cc1)C(=O)CN(c1cc(Cl)ccc1Cl)S(=O)(=O)c1ccccc1. The van der Waals surface area contributed by atoms with Crippen LogP contribution in [0.15, 0.2) is 77.7 Å². The van der Waals surface area contributed by atoms with Crippen molar-refractivity contribution in [2.45, 2.75) is 50.7 Å². The number of ether oxygens (including phenoxy) is 1. The summed E-state index contributed by atoms with van der Waals surface area (Å²) in [6, 6.07) is 18.2. The number of hydrogen-bond donors (Lipinski definition) is 1. The molecule has 0 saturated carbocycles. The minimum Gasteiger partial charge on any atom is -0.497 e. The molecule has 3 rings (SSSR count). The fourth-order valence-corrected chi connectivity index (χ4v) is 5.77. The van der Waals surface area contributed by atoms with Crippen LogP contribution in [0.1, 0.15) is 32.8 Å². The van der Waals surface area contributed by atoms with Gasteiger partial charge in [-0.1, -0.05) is 60.5 Å². The summed E-state index contributed by atoms with van der Waals surface area (Å²) in [7, 11) is -2.70. The van der Waals surface area contributed by atoms with Gasteiger partial charge >= 0.3 is 0 Å². The fraction of sp³-hybridized carbons (Fsp3) is 0.310. The largest absolute Gasteiger partial charge is 0.497 e. The summed E-state index contributed by atoms with van der Waals surface area (Å²) >= 11 is 12.6. The van der Waals surface area contributed by atoms with Gasteiger partial charge in [0.15, 0.2) is 0 Å². The zero-order valence-electron chi connectivity index (χ0n) is 22.8. The van der Waals surface area contributed by atoms with Crippen molar-refractivity contribution < 1.29 is 22.7 Å². The highest BCUT2D eigenvalue weighted by atomic mass is 35.5. The third kappa shape index (κ3) is 7.68. The summed E-state index contributed by atoms with van der Waals surface area (Å²) in [5.41, 5.74) is 0.781. The molecule has 2 atom stereocenters. The molecular formula is C29H33Cl2N3O5S. The van der Waals surface area contributed by atoms with Gasteiger partial charge in [0, 0.05) is 17.6 Å². The maximum absolute atomic E-state index is 14.0. The molecule has 0 radical (unpaired) electrons. The third-order valence-electron chi connectivity index (χ3n) is 6.47. The number of methoxy groups -OCH3 is 1. The lowest BCUT2D eigenvalue weighted by Gasteiger charge is -2.32. The van der Waals surface area contributed by atoms with Gasteiger partial charge in [0.25, 0.3) is 10.0 Å². The number of nitrogens with zero attached hydrogens (tertiary/aromatic N) is 2. The van der Waals surface area contributed by atoms with E-state index in [0.29, 0.717) is 12.2 Å². The summed E-state index contributed by atoms with van der Waals surface area (Å²) < 4.78 is 33.8. The van der Waals surface area contributed by atoms with Crippen molar-refractivity contribution in [1.29, 1.82) is 0 Å². The number of sulfonamides is 1. The monoisotopic (exact) mass is 605 g/mol. The lowest BCUT2D eigenvalue weighted by Crippen LogP contribution is -2.52. The minimum atomic E-state index is -4.25. The van der Waals surface area contributed by atoms with Crippen LogP contribution in [0, 0.1) is 0 Å². The van der Waals surface area contributed by atoms with Crippen LogP contribution in [-0.2, 0) is 26.2 Å². The molecule has 214 valence electrons. The van der Waals surface area contributed by atoms with Crippen molar-refractivity contribution in [3.63, 3.8) is 0 Å². The maximum atomic E-state index is 14.0. The maximum Gasteiger partial charge on any atom is 0.264 e. The number of nitrogens with one attached hydrogen (secondary N) is 1. The molecule has 0 spiro atoms. The van der Waals surface area contributed by atoms with E-state index in [2.05, 4.69) is 5.32 Å². The van der Waals surface area contributed by atoms with Crippen LogP contribution in [0.5, 0.6) is 5.75 Å². The number of rotatable bonds is 12. The summed E-state index contributed by atoms with van der Waals surface area (Å²) in [4.78, 5) is 28.4. The molecule has 0 aromatic heterocycles. The molecule has 0 bridgehead atoms. The Morgan fingerprint density at radius 2 is 1.62 bits per heavy atom. The van der Waals surface area contributed by atoms with Gasteiger partial charge in [0.1, 0.15) is 18.3 Å². The lowest BCUT2D eigenvalue weighted by molar-refractivity contribution is -0.139. The number of hydrogen-bond acceptors (Lipinski definition) is 5. The lowest BCUT2D eigenvalue weighted by atomic mass is 10.1. The molecule has 0 aliphatic heterocycles. The Labute approximate surface area is 245 Å². The van der Waals surface area contributed by atoms with Gasteiger partial charge in [-0.2, -0.15) is 0 Å². The van der Waals surface area contributed by atoms with E-state index in [9.17, 15) is 18.0 Å². The normalized spacial score (nSPS) is 12.8. The van der Waals surface area contributed by atoms with E-state index >= 15 is 0 Å². The average Bonchev–Trinajstić information content (AvgIpc) is 2.96. The Hall–Kier alpha value is -3.27. The predicted octanol–water partition coefficient (Wildman–Crippen LogP) is 5.53. The molecule has 8 nitrogen and oxygen atoms in total. The van der Waals surface area contributed by atoms with Gasteiger partial charge in [0.2, 0.25) is 11.8 Å². The Bertz CT molecular complexity index is 1420. The van der Waals surface area contributed by atoms with E-state index < -0.39 is 28.5 Å². The number of amides is 2. The van der Waals surface area contributed by atoms with Crippen LogP contribution in [0.3, 0.4) is 0 Å². The predicted molar refractivity (Wildman–Crippen MR) is 158 cm³/mol. The number of benzene rings is 3. The quantitative estimate of drug-likeness (QED) is 0.293. The van der Waals surface area contributed by atoms with Crippen molar-refractivity contribution in [3.8, 4) is 5.75 Å². The first kappa shape index (κ1) is 31.3. The topological polar surface area (TPSA) is 96.0 Å². The first-order valence-electron chi connectivity index (χ1n) is 12.7. The molecule has 3 aromatic rings. The first-order valence-corrected chi connectivity index (χ1v) is 14.9. The second-order valence-corrected chi connectivity index (χ2v) is 12.0. The molecule has 40 heavy (non-hydrogen) atoms. The standard InChI is InChI=1S/C29H33Cl2N3O5S/c1-5-20(2)32-29(36)21(3)33(18-22-11-14-24(39-4)15-12-22)28(35)19-34(27-17-23(30)13-16-26(27)31)40(37,38)25-9-7-6-8-10-25/h6-17,20-21H,5,18-19H2,1-4H3,(H,32,36)/t20-,21-/m0/s1. The Balaban J connectivity index is 2.05. The smallest absolute Gasteiger partial charge is 0.264 e. The Morgan fingerprint density at radius 1 is 0.975 bits per heavy atom. The van der Waals surface area contributed by atoms with Gasteiger partial charge in [0.05, 0.1) is 22.7 Å². The second kappa shape index (κ2) is 13.9. The zero-order chi connectivity index (χ0) is 29.4. The number of anilines is 1. The van der Waals surface area contributed by atoms with Gasteiger partial charge in [-0.15, -0.1) is 0 Å². The Morgan fingerprint density at radius 3 is 2.23 bits per heavy atom. The molecule has 0 heterocycles. The van der Waals surface area contributed by atoms with Crippen molar-refractivity contribution in [1.82, 2.24) is 10.2 Å². The van der Waals surface area contributed by atoms with Crippen LogP contribution in [0.2, 0.25) is 10.0 Å². The third-order valence-corrected chi connectivity index (χ3v) is 8.80. The van der Waals surface area contributed by atoms with E-state index in [4.69, 9.17) is 27.9 Å². The van der Waals surface area contributed by atoms with Crippen LogP contribution in [-0.4, -0.2) is 50.9 Å². The van der Waals surface area contributed by atoms with E-state index in [-0.39, 0.29) is 39.1 Å². The first-order chi connectivity index (χ1) is 19.0. The molecule has 3 aromatic carbocycles. The average molecular weight is 607 g/mol. The van der Waals surface area contributed by atoms with E-state index in [0.717, 1.165) is 9.87 Å². The summed E-state index contributed by atoms with van der Waals surface area (Å²) in [6.45, 7) is 4.86. The molecule has 0 aliphatic carbocycles. The van der Waals surface area contributed by atoms with Gasteiger partial charge in [-0.3, -0.25) is 13.9 Å². The molecule has 0 saturated heterocycles.